The Morgan fingerprint density at radius 2 is 0.697 bits per heavy atom. The molecule has 0 aliphatic heterocycles. The predicted octanol–water partition coefficient (Wildman–Crippen LogP) is 11.6. The molecule has 1 rings (SSSR count). The summed E-state index contributed by atoms with van der Waals surface area (Å²) in [5.41, 5.74) is 0. The zero-order chi connectivity index (χ0) is 24.4. The van der Waals surface area contributed by atoms with Crippen molar-refractivity contribution in [3.63, 3.8) is 0 Å². The molecule has 194 valence electrons. The van der Waals surface area contributed by atoms with Crippen LogP contribution in [0.1, 0.15) is 128 Å². The molecular weight excluding hydrogens is 454 g/mol. The summed E-state index contributed by atoms with van der Waals surface area (Å²) in [6.07, 6.45) is 29.2. The average molecular weight is 515 g/mol. The second kappa shape index (κ2) is 18.8. The lowest BCUT2D eigenvalue weighted by Gasteiger charge is -2.28. The molecule has 33 heavy (non-hydrogen) atoms. The normalized spacial score (nSPS) is 12.5. The van der Waals surface area contributed by atoms with E-state index in [4.69, 9.17) is 0 Å². The minimum absolute atomic E-state index is 0.839. The Morgan fingerprint density at radius 3 is 0.909 bits per heavy atom. The Morgan fingerprint density at radius 1 is 0.455 bits per heavy atom. The van der Waals surface area contributed by atoms with E-state index in [9.17, 15) is 0 Å². The largest absolute Gasteiger partial charge is 0.138 e. The number of unbranched alkanes of at least 4 members (excludes halogenated alkanes) is 6. The van der Waals surface area contributed by atoms with Crippen LogP contribution in [-0.2, 0) is 12.3 Å². The van der Waals surface area contributed by atoms with Gasteiger partial charge in [0.15, 0.2) is 0 Å². The van der Waals surface area contributed by atoms with Crippen LogP contribution in [0, 0.1) is 0 Å². The second-order valence-corrected chi connectivity index (χ2v) is 20.8. The third kappa shape index (κ3) is 12.4. The summed E-state index contributed by atoms with van der Waals surface area (Å²) in [7, 11) is -1.68. The molecule has 1 heterocycles. The highest BCUT2D eigenvalue weighted by atomic mass is 32.1. The topological polar surface area (TPSA) is 0 Å². The minimum Gasteiger partial charge on any atom is -0.138 e. The summed E-state index contributed by atoms with van der Waals surface area (Å²) in [5, 5.41) is 0. The Kier molecular flexibility index (Phi) is 18.0. The molecule has 0 amide bonds. The van der Waals surface area contributed by atoms with E-state index in [0.717, 1.165) is 0 Å². The van der Waals surface area contributed by atoms with E-state index in [2.05, 4.69) is 65.0 Å². The number of thiophene rings is 1. The fraction of sp³-hybridized carbons (Fsp3) is 0.867. The summed E-state index contributed by atoms with van der Waals surface area (Å²) in [6, 6.07) is 5.15. The first-order valence-electron chi connectivity index (χ1n) is 14.8. The molecule has 1 aromatic heterocycles. The Labute approximate surface area is 215 Å². The van der Waals surface area contributed by atoms with Crippen molar-refractivity contribution in [1.82, 2.24) is 0 Å². The summed E-state index contributed by atoms with van der Waals surface area (Å²) in [5.74, 6) is 0. The third-order valence-corrected chi connectivity index (χ3v) is 18.7. The van der Waals surface area contributed by atoms with Gasteiger partial charge in [0.1, 0.15) is 0 Å². The van der Waals surface area contributed by atoms with Gasteiger partial charge in [-0.2, -0.15) is 0 Å². The molecule has 0 saturated heterocycles. The van der Waals surface area contributed by atoms with Gasteiger partial charge in [-0.05, 0) is 50.7 Å². The molecule has 0 aromatic carbocycles. The van der Waals surface area contributed by atoms with Crippen molar-refractivity contribution in [2.45, 2.75) is 131 Å². The maximum Gasteiger partial charge on any atom is 0.0935 e. The summed E-state index contributed by atoms with van der Waals surface area (Å²) < 4.78 is 0. The maximum absolute atomic E-state index is 2.58. The van der Waals surface area contributed by atoms with E-state index < -0.39 is 14.5 Å². The first-order chi connectivity index (χ1) is 16.0. The first kappa shape index (κ1) is 31.6. The van der Waals surface area contributed by atoms with Crippen LogP contribution in [0.25, 0.3) is 0 Å². The van der Waals surface area contributed by atoms with Crippen molar-refractivity contribution in [3.8, 4) is 0 Å². The van der Waals surface area contributed by atoms with E-state index in [1.54, 1.807) is 46.7 Å². The van der Waals surface area contributed by atoms with Crippen LogP contribution in [0.2, 0.25) is 0 Å². The van der Waals surface area contributed by atoms with Gasteiger partial charge in [0.05, 0.1) is 49.3 Å². The van der Waals surface area contributed by atoms with Crippen molar-refractivity contribution >= 4 is 25.9 Å². The second-order valence-electron chi connectivity index (χ2n) is 10.8. The molecule has 0 N–H and O–H groups in total. The lowest BCUT2D eigenvalue weighted by molar-refractivity contribution is 0.832. The highest BCUT2D eigenvalue weighted by Gasteiger charge is 2.38. The van der Waals surface area contributed by atoms with Crippen LogP contribution < -0.4 is 0 Å². The van der Waals surface area contributed by atoms with Crippen LogP contribution in [0.15, 0.2) is 12.1 Å². The molecule has 0 saturated carbocycles. The van der Waals surface area contributed by atoms with Gasteiger partial charge in [-0.15, -0.1) is 11.3 Å². The molecule has 0 unspecified atom stereocenters. The Bertz CT molecular complexity index is 488. The third-order valence-electron chi connectivity index (χ3n) is 7.62. The van der Waals surface area contributed by atoms with Crippen LogP contribution >= 0.6 is 25.9 Å². The number of hydrogen-bond donors (Lipinski definition) is 0. The molecular formula is C30H60P2S+2. The Hall–Kier alpha value is 0.560. The van der Waals surface area contributed by atoms with Crippen molar-refractivity contribution in [2.75, 3.05) is 37.0 Å². The molecule has 0 aliphatic carbocycles. The van der Waals surface area contributed by atoms with Crippen LogP contribution in [0.5, 0.6) is 0 Å². The van der Waals surface area contributed by atoms with Gasteiger partial charge in [0.2, 0.25) is 0 Å². The van der Waals surface area contributed by atoms with E-state index in [0.29, 0.717) is 0 Å². The fourth-order valence-corrected chi connectivity index (χ4v) is 17.9. The molecule has 0 nitrogen and oxygen atoms in total. The summed E-state index contributed by atoms with van der Waals surface area (Å²) >= 11 is 2.24. The van der Waals surface area contributed by atoms with Crippen LogP contribution in [0.4, 0.5) is 0 Å². The summed E-state index contributed by atoms with van der Waals surface area (Å²) in [4.78, 5) is 3.50. The zero-order valence-corrected chi connectivity index (χ0v) is 26.2. The average Bonchev–Trinajstić information content (AvgIpc) is 3.26. The van der Waals surface area contributed by atoms with Crippen LogP contribution in [-0.4, -0.2) is 37.0 Å². The molecule has 0 atom stereocenters. The highest BCUT2D eigenvalue weighted by molar-refractivity contribution is 7.75. The predicted molar refractivity (Wildman–Crippen MR) is 164 cm³/mol. The molecule has 0 aliphatic rings. The summed E-state index contributed by atoms with van der Waals surface area (Å²) in [6.45, 7) is 14.4. The van der Waals surface area contributed by atoms with Gasteiger partial charge in [-0.3, -0.25) is 0 Å². The minimum atomic E-state index is -0.839. The SMILES string of the molecule is CCCC[P+](CCCC)(CCCC)Cc1ccc(C[P+](CCCC)(CCCC)CCCC)s1. The van der Waals surface area contributed by atoms with Crippen LogP contribution in [0.3, 0.4) is 0 Å². The number of hydrogen-bond acceptors (Lipinski definition) is 1. The highest BCUT2D eigenvalue weighted by Crippen LogP contribution is 2.66. The van der Waals surface area contributed by atoms with Gasteiger partial charge in [-0.25, -0.2) is 0 Å². The molecule has 3 heteroatoms. The van der Waals surface area contributed by atoms with E-state index in [1.807, 2.05) is 0 Å². The molecule has 0 spiro atoms. The van der Waals surface area contributed by atoms with Crippen molar-refractivity contribution < 1.29 is 0 Å². The van der Waals surface area contributed by atoms with Crippen molar-refractivity contribution in [2.24, 2.45) is 0 Å². The Balaban J connectivity index is 3.06. The van der Waals surface area contributed by atoms with Gasteiger partial charge in [0.25, 0.3) is 0 Å². The van der Waals surface area contributed by atoms with E-state index >= 15 is 0 Å². The van der Waals surface area contributed by atoms with Gasteiger partial charge in [-0.1, -0.05) is 80.1 Å². The lowest BCUT2D eigenvalue weighted by Crippen LogP contribution is -2.11. The van der Waals surface area contributed by atoms with E-state index in [-0.39, 0.29) is 0 Å². The van der Waals surface area contributed by atoms with Crippen molar-refractivity contribution in [1.29, 1.82) is 0 Å². The fourth-order valence-electron chi connectivity index (χ4n) is 5.36. The maximum atomic E-state index is 2.58. The molecule has 0 fully saturated rings. The van der Waals surface area contributed by atoms with Gasteiger partial charge >= 0.3 is 0 Å². The number of rotatable bonds is 22. The molecule has 0 radical (unpaired) electrons. The smallest absolute Gasteiger partial charge is 0.0935 e. The van der Waals surface area contributed by atoms with Gasteiger partial charge in [0, 0.05) is 24.3 Å². The molecule has 0 bridgehead atoms. The van der Waals surface area contributed by atoms with Crippen molar-refractivity contribution in [3.05, 3.63) is 21.9 Å². The zero-order valence-electron chi connectivity index (χ0n) is 23.6. The van der Waals surface area contributed by atoms with Gasteiger partial charge < -0.3 is 0 Å². The monoisotopic (exact) mass is 514 g/mol. The standard InChI is InChI=1S/C30H60P2S/c1-7-13-21-31(22-14-8-2,23-15-9-3)27-29-19-20-30(33-29)28-32(24-16-10-4,25-17-11-5)26-18-12-6/h19-20H,7-18,21-28H2,1-6H3/q+2. The first-order valence-corrected chi connectivity index (χ1v) is 20.7. The molecule has 1 aromatic rings. The quantitative estimate of drug-likeness (QED) is 0.135. The lowest BCUT2D eigenvalue weighted by atomic mass is 10.4. The van der Waals surface area contributed by atoms with E-state index in [1.165, 1.54) is 89.4 Å².